The van der Waals surface area contributed by atoms with Gasteiger partial charge in [0.25, 0.3) is 0 Å². The lowest BCUT2D eigenvalue weighted by atomic mass is 9.89. The van der Waals surface area contributed by atoms with E-state index in [0.717, 1.165) is 23.6 Å². The predicted molar refractivity (Wildman–Crippen MR) is 74.5 cm³/mol. The molecule has 0 bridgehead atoms. The second-order valence-electron chi connectivity index (χ2n) is 4.46. The van der Waals surface area contributed by atoms with Gasteiger partial charge in [0, 0.05) is 10.8 Å². The first-order valence-electron chi connectivity index (χ1n) is 6.12. The molecule has 1 aliphatic carbocycles. The van der Waals surface area contributed by atoms with Crippen molar-refractivity contribution >= 4 is 23.4 Å². The number of hydrogen-bond acceptors (Lipinski definition) is 2. The predicted octanol–water partition coefficient (Wildman–Crippen LogP) is 4.37. The van der Waals surface area contributed by atoms with Gasteiger partial charge >= 0.3 is 0 Å². The van der Waals surface area contributed by atoms with Crippen LogP contribution in [0.2, 0.25) is 5.02 Å². The van der Waals surface area contributed by atoms with Gasteiger partial charge in [-0.05, 0) is 73.0 Å². The first-order chi connectivity index (χ1) is 8.31. The highest BCUT2D eigenvalue weighted by Crippen LogP contribution is 2.28. The summed E-state index contributed by atoms with van der Waals surface area (Å²) in [7, 11) is 0. The van der Waals surface area contributed by atoms with Gasteiger partial charge in [-0.2, -0.15) is 5.26 Å². The second kappa shape index (κ2) is 6.33. The average molecular weight is 266 g/mol. The summed E-state index contributed by atoms with van der Waals surface area (Å²) in [5.74, 6) is 0.893. The number of rotatable bonds is 4. The second-order valence-corrected chi connectivity index (χ2v) is 5.75. The van der Waals surface area contributed by atoms with Crippen LogP contribution in [0.5, 0.6) is 0 Å². The van der Waals surface area contributed by atoms with Crippen molar-refractivity contribution in [3.05, 3.63) is 33.8 Å². The molecule has 1 nitrogen and oxygen atoms in total. The van der Waals surface area contributed by atoms with Crippen molar-refractivity contribution in [2.24, 2.45) is 0 Å². The van der Waals surface area contributed by atoms with Crippen LogP contribution in [-0.2, 0) is 19.3 Å². The van der Waals surface area contributed by atoms with Crippen molar-refractivity contribution in [2.75, 3.05) is 5.75 Å². The van der Waals surface area contributed by atoms with E-state index in [1.807, 2.05) is 0 Å². The van der Waals surface area contributed by atoms with Crippen LogP contribution in [0, 0.1) is 10.7 Å². The van der Waals surface area contributed by atoms with Gasteiger partial charge in [-0.25, -0.2) is 0 Å². The van der Waals surface area contributed by atoms with Crippen LogP contribution in [0.4, 0.5) is 0 Å². The van der Waals surface area contributed by atoms with Crippen LogP contribution < -0.4 is 0 Å². The molecule has 0 unspecified atom stereocenters. The topological polar surface area (TPSA) is 23.8 Å². The molecule has 3 heteroatoms. The first kappa shape index (κ1) is 12.8. The summed E-state index contributed by atoms with van der Waals surface area (Å²) in [4.78, 5) is 0. The highest BCUT2D eigenvalue weighted by atomic mass is 35.5. The van der Waals surface area contributed by atoms with Crippen LogP contribution in [0.3, 0.4) is 0 Å². The van der Waals surface area contributed by atoms with Crippen LogP contribution in [0.25, 0.3) is 0 Å². The summed E-state index contributed by atoms with van der Waals surface area (Å²) in [6, 6.07) is 4.44. The van der Waals surface area contributed by atoms with Crippen molar-refractivity contribution in [3.8, 4) is 5.40 Å². The summed E-state index contributed by atoms with van der Waals surface area (Å²) in [5, 5.41) is 11.5. The van der Waals surface area contributed by atoms with Crippen molar-refractivity contribution in [1.29, 1.82) is 5.26 Å². The Labute approximate surface area is 112 Å². The third-order valence-electron chi connectivity index (χ3n) is 3.27. The minimum Gasteiger partial charge on any atom is -0.185 e. The molecule has 0 aliphatic heterocycles. The summed E-state index contributed by atoms with van der Waals surface area (Å²) in [5.41, 5.74) is 4.19. The molecule has 0 saturated carbocycles. The zero-order chi connectivity index (χ0) is 12.1. The average Bonchev–Trinajstić information content (AvgIpc) is 2.35. The highest BCUT2D eigenvalue weighted by molar-refractivity contribution is 8.03. The standard InChI is InChI=1S/C14H16ClNS/c15-14-9-12-5-2-1-4-11(12)8-13(14)6-3-7-17-10-16/h8-9H,1-7H2. The van der Waals surface area contributed by atoms with Crippen LogP contribution >= 0.6 is 23.4 Å². The molecule has 2 rings (SSSR count). The van der Waals surface area contributed by atoms with Crippen molar-refractivity contribution < 1.29 is 0 Å². The molecule has 0 heterocycles. The van der Waals surface area contributed by atoms with E-state index in [4.69, 9.17) is 16.9 Å². The summed E-state index contributed by atoms with van der Waals surface area (Å²) in [6.07, 6.45) is 6.99. The Morgan fingerprint density at radius 3 is 2.65 bits per heavy atom. The zero-order valence-corrected chi connectivity index (χ0v) is 11.4. The van der Waals surface area contributed by atoms with Gasteiger partial charge < -0.3 is 0 Å². The van der Waals surface area contributed by atoms with E-state index in [1.54, 1.807) is 0 Å². The minimum atomic E-state index is 0.893. The smallest absolute Gasteiger partial charge is 0.133 e. The number of fused-ring (bicyclic) bond motifs is 1. The van der Waals surface area contributed by atoms with Gasteiger partial charge in [0.05, 0.1) is 0 Å². The lowest BCUT2D eigenvalue weighted by molar-refractivity contribution is 0.684. The van der Waals surface area contributed by atoms with E-state index in [-0.39, 0.29) is 0 Å². The van der Waals surface area contributed by atoms with E-state index < -0.39 is 0 Å². The third-order valence-corrected chi connectivity index (χ3v) is 4.24. The van der Waals surface area contributed by atoms with Gasteiger partial charge in [-0.15, -0.1) is 0 Å². The molecule has 0 spiro atoms. The summed E-state index contributed by atoms with van der Waals surface area (Å²) in [6.45, 7) is 0. The van der Waals surface area contributed by atoms with Gasteiger partial charge in [0.1, 0.15) is 5.40 Å². The Morgan fingerprint density at radius 2 is 1.94 bits per heavy atom. The summed E-state index contributed by atoms with van der Waals surface area (Å²) < 4.78 is 0. The fourth-order valence-electron chi connectivity index (χ4n) is 2.38. The normalized spacial score (nSPS) is 14.1. The van der Waals surface area contributed by atoms with Gasteiger partial charge in [-0.1, -0.05) is 17.7 Å². The Hall–Kier alpha value is -0.650. The molecule has 0 fully saturated rings. The Balaban J connectivity index is 2.04. The number of nitriles is 1. The van der Waals surface area contributed by atoms with Crippen LogP contribution in [-0.4, -0.2) is 5.75 Å². The monoisotopic (exact) mass is 265 g/mol. The molecule has 0 aromatic heterocycles. The fourth-order valence-corrected chi connectivity index (χ4v) is 3.04. The Kier molecular flexibility index (Phi) is 4.76. The lowest BCUT2D eigenvalue weighted by Crippen LogP contribution is -2.04. The van der Waals surface area contributed by atoms with Gasteiger partial charge in [0.2, 0.25) is 0 Å². The number of benzene rings is 1. The molecule has 1 aliphatic rings. The number of halogens is 1. The van der Waals surface area contributed by atoms with Gasteiger partial charge in [-0.3, -0.25) is 0 Å². The molecule has 90 valence electrons. The van der Waals surface area contributed by atoms with E-state index in [9.17, 15) is 0 Å². The Bertz CT molecular complexity index is 437. The molecular formula is C14H16ClNS. The Morgan fingerprint density at radius 1 is 1.24 bits per heavy atom. The van der Waals surface area contributed by atoms with Crippen LogP contribution in [0.15, 0.2) is 12.1 Å². The quantitative estimate of drug-likeness (QED) is 0.596. The number of thioether (sulfide) groups is 1. The van der Waals surface area contributed by atoms with E-state index in [2.05, 4.69) is 17.5 Å². The lowest BCUT2D eigenvalue weighted by Gasteiger charge is -2.17. The maximum Gasteiger partial charge on any atom is 0.133 e. The molecule has 0 atom stereocenters. The van der Waals surface area contributed by atoms with Gasteiger partial charge in [0.15, 0.2) is 0 Å². The fraction of sp³-hybridized carbons (Fsp3) is 0.500. The highest BCUT2D eigenvalue weighted by Gasteiger charge is 2.12. The van der Waals surface area contributed by atoms with E-state index >= 15 is 0 Å². The molecule has 1 aromatic carbocycles. The molecule has 17 heavy (non-hydrogen) atoms. The third kappa shape index (κ3) is 3.40. The molecule has 0 radical (unpaired) electrons. The molecule has 0 saturated heterocycles. The SMILES string of the molecule is N#CSCCCc1cc2c(cc1Cl)CCCC2. The van der Waals surface area contributed by atoms with E-state index in [1.165, 1.54) is 54.1 Å². The number of thiocyanates is 1. The van der Waals surface area contributed by atoms with Crippen molar-refractivity contribution in [2.45, 2.75) is 38.5 Å². The van der Waals surface area contributed by atoms with Crippen molar-refractivity contribution in [1.82, 2.24) is 0 Å². The first-order valence-corrected chi connectivity index (χ1v) is 7.48. The largest absolute Gasteiger partial charge is 0.185 e. The number of aryl methyl sites for hydroxylation is 3. The number of nitrogens with zero attached hydrogens (tertiary/aromatic N) is 1. The van der Waals surface area contributed by atoms with Crippen LogP contribution in [0.1, 0.15) is 36.0 Å². The summed E-state index contributed by atoms with van der Waals surface area (Å²) >= 11 is 7.63. The molecule has 0 N–H and O–H groups in total. The minimum absolute atomic E-state index is 0.893. The number of hydrogen-bond donors (Lipinski definition) is 0. The van der Waals surface area contributed by atoms with E-state index in [0.29, 0.717) is 0 Å². The maximum atomic E-state index is 8.46. The molecule has 1 aromatic rings. The maximum absolute atomic E-state index is 8.46. The van der Waals surface area contributed by atoms with Crippen molar-refractivity contribution in [3.63, 3.8) is 0 Å². The molecular weight excluding hydrogens is 250 g/mol. The molecule has 0 amide bonds. The zero-order valence-electron chi connectivity index (χ0n) is 9.84.